The van der Waals surface area contributed by atoms with Gasteiger partial charge in [-0.25, -0.2) is 4.98 Å². The minimum Gasteiger partial charge on any atom is -0.378 e. The average molecular weight is 439 g/mol. The molecule has 7 nitrogen and oxygen atoms in total. The zero-order valence-electron chi connectivity index (χ0n) is 17.3. The number of likely N-dealkylation sites (tertiary alicyclic amines) is 1. The Morgan fingerprint density at radius 2 is 1.90 bits per heavy atom. The van der Waals surface area contributed by atoms with Gasteiger partial charge in [0.15, 0.2) is 0 Å². The molecule has 1 aromatic carbocycles. The lowest BCUT2D eigenvalue weighted by Crippen LogP contribution is -2.52. The monoisotopic (exact) mass is 438 g/mol. The predicted molar refractivity (Wildman–Crippen MR) is 118 cm³/mol. The van der Waals surface area contributed by atoms with Crippen molar-refractivity contribution in [2.45, 2.75) is 35.6 Å². The lowest BCUT2D eigenvalue weighted by atomic mass is 10.1. The van der Waals surface area contributed by atoms with Gasteiger partial charge in [-0.2, -0.15) is 0 Å². The molecule has 2 aliphatic rings. The van der Waals surface area contributed by atoms with Gasteiger partial charge in [0.2, 0.25) is 0 Å². The molecule has 2 aliphatic heterocycles. The number of hydrogen-bond acceptors (Lipinski definition) is 5. The van der Waals surface area contributed by atoms with Crippen molar-refractivity contribution in [3.8, 4) is 0 Å². The molecular weight excluding hydrogens is 412 g/mol. The molecule has 3 aromatic rings. The van der Waals surface area contributed by atoms with Crippen molar-refractivity contribution in [2.24, 2.45) is 0 Å². The van der Waals surface area contributed by atoms with Crippen LogP contribution >= 0.6 is 0 Å². The number of fused-ring (bicyclic) bond motifs is 1. The summed E-state index contributed by atoms with van der Waals surface area (Å²) < 4.78 is 20.1. The van der Waals surface area contributed by atoms with E-state index in [0.29, 0.717) is 18.2 Å². The number of piperidine rings is 1. The van der Waals surface area contributed by atoms with Crippen molar-refractivity contribution >= 4 is 22.4 Å². The predicted octanol–water partition coefficient (Wildman–Crippen LogP) is 2.24. The van der Waals surface area contributed by atoms with Crippen molar-refractivity contribution in [1.29, 1.82) is 0 Å². The Morgan fingerprint density at radius 3 is 2.61 bits per heavy atom. The molecule has 0 spiro atoms. The summed E-state index contributed by atoms with van der Waals surface area (Å²) in [4.78, 5) is 20.0. The molecule has 5 rings (SSSR count). The highest BCUT2D eigenvalue weighted by Gasteiger charge is 2.31. The Kier molecular flexibility index (Phi) is 5.85. The van der Waals surface area contributed by atoms with Crippen LogP contribution in [-0.2, 0) is 22.1 Å². The van der Waals surface area contributed by atoms with E-state index in [1.165, 1.54) is 0 Å². The van der Waals surface area contributed by atoms with Crippen molar-refractivity contribution in [3.63, 3.8) is 0 Å². The number of ether oxygens (including phenoxy) is 1. The fourth-order valence-electron chi connectivity index (χ4n) is 4.16. The van der Waals surface area contributed by atoms with Crippen LogP contribution in [0.25, 0.3) is 5.65 Å². The summed E-state index contributed by atoms with van der Waals surface area (Å²) in [6.45, 7) is 4.10. The van der Waals surface area contributed by atoms with E-state index in [2.05, 4.69) is 15.2 Å². The van der Waals surface area contributed by atoms with Crippen LogP contribution in [0.5, 0.6) is 0 Å². The Bertz CT molecular complexity index is 1090. The van der Waals surface area contributed by atoms with Crippen LogP contribution in [0.4, 0.5) is 0 Å². The number of aromatic nitrogens is 2. The van der Waals surface area contributed by atoms with Crippen molar-refractivity contribution in [1.82, 2.24) is 19.6 Å². The molecule has 0 radical (unpaired) electrons. The highest BCUT2D eigenvalue weighted by atomic mass is 32.2. The third-order valence-corrected chi connectivity index (χ3v) is 7.99. The Balaban J connectivity index is 1.14. The first-order chi connectivity index (χ1) is 15.2. The standard InChI is InChI=1S/C23H26N4O3S/c28-23(18-3-6-22-24-9-12-27(22)14-18)25-13-17-1-4-20(5-2-17)31(29)21-7-10-26(11-8-21)19-15-30-16-19/h1-6,9,12,14,19,21H,7-8,10-11,13,15-16H2,(H,25,28). The third-order valence-electron chi connectivity index (χ3n) is 6.18. The van der Waals surface area contributed by atoms with E-state index in [9.17, 15) is 9.00 Å². The van der Waals surface area contributed by atoms with Gasteiger partial charge in [-0.3, -0.25) is 13.9 Å². The second kappa shape index (κ2) is 8.90. The van der Waals surface area contributed by atoms with Gasteiger partial charge in [0.05, 0.1) is 35.6 Å². The number of amides is 1. The van der Waals surface area contributed by atoms with Gasteiger partial charge in [0, 0.05) is 35.3 Å². The molecule has 8 heteroatoms. The summed E-state index contributed by atoms with van der Waals surface area (Å²) in [5, 5.41) is 3.16. The molecule has 2 aromatic heterocycles. The van der Waals surface area contributed by atoms with E-state index in [4.69, 9.17) is 4.74 Å². The maximum absolute atomic E-state index is 13.0. The Labute approximate surface area is 183 Å². The van der Waals surface area contributed by atoms with Gasteiger partial charge in [0.25, 0.3) is 5.91 Å². The molecule has 2 saturated heterocycles. The summed E-state index contributed by atoms with van der Waals surface area (Å²) in [5.41, 5.74) is 2.38. The van der Waals surface area contributed by atoms with Crippen LogP contribution in [0.15, 0.2) is 59.9 Å². The molecule has 1 unspecified atom stereocenters. The largest absolute Gasteiger partial charge is 0.378 e. The molecule has 1 N–H and O–H groups in total. The number of rotatable bonds is 6. The molecule has 2 fully saturated rings. The van der Waals surface area contributed by atoms with E-state index in [1.54, 1.807) is 18.5 Å². The molecule has 0 bridgehead atoms. The van der Waals surface area contributed by atoms with Crippen molar-refractivity contribution < 1.29 is 13.7 Å². The molecule has 1 atom stereocenters. The van der Waals surface area contributed by atoms with E-state index in [-0.39, 0.29) is 11.2 Å². The van der Waals surface area contributed by atoms with Crippen LogP contribution < -0.4 is 5.32 Å². The number of imidazole rings is 1. The fraction of sp³-hybridized carbons (Fsp3) is 0.391. The van der Waals surface area contributed by atoms with Crippen LogP contribution in [0.3, 0.4) is 0 Å². The summed E-state index contributed by atoms with van der Waals surface area (Å²) in [7, 11) is -0.996. The zero-order valence-corrected chi connectivity index (χ0v) is 18.1. The number of nitrogens with zero attached hydrogens (tertiary/aromatic N) is 3. The number of carbonyl (C=O) groups excluding carboxylic acids is 1. The molecule has 0 aliphatic carbocycles. The molecule has 4 heterocycles. The van der Waals surface area contributed by atoms with Crippen molar-refractivity contribution in [3.05, 3.63) is 66.1 Å². The lowest BCUT2D eigenvalue weighted by Gasteiger charge is -2.41. The smallest absolute Gasteiger partial charge is 0.253 e. The molecule has 31 heavy (non-hydrogen) atoms. The SMILES string of the molecule is O=C(NCc1ccc(S(=O)C2CCN(C3COC3)CC2)cc1)c1ccc2nccn2c1. The van der Waals surface area contributed by atoms with Crippen LogP contribution in [0, 0.1) is 0 Å². The van der Waals surface area contributed by atoms with Gasteiger partial charge in [-0.1, -0.05) is 12.1 Å². The number of nitrogens with one attached hydrogen (secondary N) is 1. The summed E-state index contributed by atoms with van der Waals surface area (Å²) in [5.74, 6) is -0.133. The van der Waals surface area contributed by atoms with Crippen LogP contribution in [0.1, 0.15) is 28.8 Å². The maximum Gasteiger partial charge on any atom is 0.253 e. The number of benzene rings is 1. The first-order valence-corrected chi connectivity index (χ1v) is 11.9. The lowest BCUT2D eigenvalue weighted by molar-refractivity contribution is -0.0694. The first kappa shape index (κ1) is 20.4. The second-order valence-electron chi connectivity index (χ2n) is 8.16. The van der Waals surface area contributed by atoms with Gasteiger partial charge < -0.3 is 14.5 Å². The van der Waals surface area contributed by atoms with Gasteiger partial charge in [0.1, 0.15) is 5.65 Å². The minimum absolute atomic E-state index is 0.133. The van der Waals surface area contributed by atoms with Crippen LogP contribution in [0.2, 0.25) is 0 Å². The van der Waals surface area contributed by atoms with E-state index >= 15 is 0 Å². The van der Waals surface area contributed by atoms with E-state index in [1.807, 2.05) is 40.9 Å². The van der Waals surface area contributed by atoms with Gasteiger partial charge >= 0.3 is 0 Å². The minimum atomic E-state index is -0.996. The topological polar surface area (TPSA) is 75.9 Å². The second-order valence-corrected chi connectivity index (χ2v) is 9.89. The Hall–Kier alpha value is -2.55. The van der Waals surface area contributed by atoms with E-state index < -0.39 is 10.8 Å². The highest BCUT2D eigenvalue weighted by molar-refractivity contribution is 7.85. The summed E-state index contributed by atoms with van der Waals surface area (Å²) >= 11 is 0. The molecule has 162 valence electrons. The highest BCUT2D eigenvalue weighted by Crippen LogP contribution is 2.24. The molecule has 0 saturated carbocycles. The zero-order chi connectivity index (χ0) is 21.2. The average Bonchev–Trinajstić information content (AvgIpc) is 3.25. The quantitative estimate of drug-likeness (QED) is 0.639. The van der Waals surface area contributed by atoms with Gasteiger partial charge in [-0.15, -0.1) is 0 Å². The number of pyridine rings is 1. The number of carbonyl (C=O) groups is 1. The van der Waals surface area contributed by atoms with Crippen LogP contribution in [-0.4, -0.2) is 62.0 Å². The first-order valence-electron chi connectivity index (χ1n) is 10.7. The van der Waals surface area contributed by atoms with E-state index in [0.717, 1.165) is 55.3 Å². The van der Waals surface area contributed by atoms with Crippen molar-refractivity contribution in [2.75, 3.05) is 26.3 Å². The Morgan fingerprint density at radius 1 is 1.13 bits per heavy atom. The normalized spacial score (nSPS) is 19.2. The summed E-state index contributed by atoms with van der Waals surface area (Å²) in [6.07, 6.45) is 7.21. The van der Waals surface area contributed by atoms with Gasteiger partial charge in [-0.05, 0) is 55.8 Å². The molecular formula is C23H26N4O3S. The third kappa shape index (κ3) is 4.42. The number of hydrogen-bond donors (Lipinski definition) is 1. The summed E-state index contributed by atoms with van der Waals surface area (Å²) in [6, 6.07) is 11.9. The molecule has 1 amide bonds. The fourth-order valence-corrected chi connectivity index (χ4v) is 5.59. The maximum atomic E-state index is 13.0.